The fraction of sp³-hybridized carbons (Fsp3) is 0.833. The maximum absolute atomic E-state index is 10.6. The van der Waals surface area contributed by atoms with Crippen LogP contribution in [0.3, 0.4) is 0 Å². The predicted octanol–water partition coefficient (Wildman–Crippen LogP) is 0.0149. The predicted molar refractivity (Wildman–Crippen MR) is 35.1 cm³/mol. The van der Waals surface area contributed by atoms with Crippen LogP contribution in [-0.2, 0) is 9.53 Å². The van der Waals surface area contributed by atoms with E-state index in [0.717, 1.165) is 0 Å². The topological polar surface area (TPSA) is 38.3 Å². The molecule has 0 amide bonds. The van der Waals surface area contributed by atoms with Crippen molar-refractivity contribution in [2.45, 2.75) is 6.92 Å². The van der Waals surface area contributed by atoms with Crippen LogP contribution in [-0.4, -0.2) is 26.7 Å². The summed E-state index contributed by atoms with van der Waals surface area (Å²) in [5.41, 5.74) is 0. The van der Waals surface area contributed by atoms with E-state index in [-0.39, 0.29) is 11.9 Å². The van der Waals surface area contributed by atoms with Crippen molar-refractivity contribution in [3.63, 3.8) is 0 Å². The summed E-state index contributed by atoms with van der Waals surface area (Å²) in [5.74, 6) is -0.204. The first-order valence-corrected chi connectivity index (χ1v) is 2.94. The Morgan fingerprint density at radius 3 is 2.67 bits per heavy atom. The van der Waals surface area contributed by atoms with Gasteiger partial charge in [-0.2, -0.15) is 0 Å². The van der Waals surface area contributed by atoms with Crippen molar-refractivity contribution in [1.82, 2.24) is 5.32 Å². The fourth-order valence-corrected chi connectivity index (χ4v) is 0.591. The van der Waals surface area contributed by atoms with Gasteiger partial charge in [0.2, 0.25) is 0 Å². The molecule has 0 heterocycles. The molecule has 0 aromatic carbocycles. The average Bonchev–Trinajstić information content (AvgIpc) is 1.87. The van der Waals surface area contributed by atoms with Gasteiger partial charge in [-0.3, -0.25) is 4.79 Å². The van der Waals surface area contributed by atoms with Crippen LogP contribution in [0.2, 0.25) is 0 Å². The highest BCUT2D eigenvalue weighted by Gasteiger charge is 2.10. The van der Waals surface area contributed by atoms with Gasteiger partial charge in [0, 0.05) is 6.54 Å². The zero-order valence-corrected chi connectivity index (χ0v) is 6.10. The molecule has 54 valence electrons. The van der Waals surface area contributed by atoms with E-state index in [2.05, 4.69) is 10.1 Å². The zero-order chi connectivity index (χ0) is 7.28. The van der Waals surface area contributed by atoms with E-state index in [0.29, 0.717) is 6.54 Å². The van der Waals surface area contributed by atoms with Gasteiger partial charge in [-0.15, -0.1) is 0 Å². The lowest BCUT2D eigenvalue weighted by molar-refractivity contribution is -0.144. The lowest BCUT2D eigenvalue weighted by atomic mass is 10.2. The van der Waals surface area contributed by atoms with Crippen LogP contribution < -0.4 is 5.32 Å². The van der Waals surface area contributed by atoms with Crippen molar-refractivity contribution >= 4 is 5.97 Å². The van der Waals surface area contributed by atoms with Crippen molar-refractivity contribution in [2.24, 2.45) is 5.92 Å². The van der Waals surface area contributed by atoms with Gasteiger partial charge in [0.15, 0.2) is 0 Å². The minimum atomic E-state index is -0.163. The Kier molecular flexibility index (Phi) is 4.05. The Labute approximate surface area is 55.4 Å². The summed E-state index contributed by atoms with van der Waals surface area (Å²) < 4.78 is 4.49. The molecular formula is C6H13NO2. The number of hydrogen-bond donors (Lipinski definition) is 1. The molecule has 3 heteroatoms. The number of rotatable bonds is 3. The summed E-state index contributed by atoms with van der Waals surface area (Å²) in [7, 11) is 3.20. The molecule has 9 heavy (non-hydrogen) atoms. The van der Waals surface area contributed by atoms with Crippen LogP contribution >= 0.6 is 0 Å². The summed E-state index contributed by atoms with van der Waals surface area (Å²) in [5, 5.41) is 2.88. The van der Waals surface area contributed by atoms with Gasteiger partial charge in [-0.1, -0.05) is 6.92 Å². The largest absolute Gasteiger partial charge is 0.469 e. The van der Waals surface area contributed by atoms with E-state index in [1.54, 1.807) is 7.05 Å². The van der Waals surface area contributed by atoms with Crippen molar-refractivity contribution < 1.29 is 9.53 Å². The minimum Gasteiger partial charge on any atom is -0.469 e. The van der Waals surface area contributed by atoms with Crippen LogP contribution in [0.1, 0.15) is 6.92 Å². The Morgan fingerprint density at radius 2 is 2.33 bits per heavy atom. The number of ether oxygens (including phenoxy) is 1. The molecule has 0 aliphatic heterocycles. The minimum absolute atomic E-state index is 0.0417. The van der Waals surface area contributed by atoms with Gasteiger partial charge in [0.05, 0.1) is 13.0 Å². The van der Waals surface area contributed by atoms with Crippen LogP contribution in [0.25, 0.3) is 0 Å². The smallest absolute Gasteiger partial charge is 0.309 e. The highest BCUT2D eigenvalue weighted by molar-refractivity contribution is 5.71. The van der Waals surface area contributed by atoms with Crippen LogP contribution in [0.5, 0.6) is 0 Å². The maximum Gasteiger partial charge on any atom is 0.309 e. The number of methoxy groups -OCH3 is 1. The van der Waals surface area contributed by atoms with Crippen molar-refractivity contribution in [1.29, 1.82) is 0 Å². The van der Waals surface area contributed by atoms with Crippen molar-refractivity contribution in [3.8, 4) is 0 Å². The van der Waals surface area contributed by atoms with Gasteiger partial charge in [-0.05, 0) is 7.05 Å². The molecule has 0 bridgehead atoms. The van der Waals surface area contributed by atoms with E-state index >= 15 is 0 Å². The Balaban J connectivity index is 3.45. The summed E-state index contributed by atoms with van der Waals surface area (Å²) in [6.45, 7) is 2.50. The fourth-order valence-electron chi connectivity index (χ4n) is 0.591. The molecule has 0 aliphatic carbocycles. The van der Waals surface area contributed by atoms with E-state index in [4.69, 9.17) is 0 Å². The van der Waals surface area contributed by atoms with Gasteiger partial charge in [-0.25, -0.2) is 0 Å². The summed E-state index contributed by atoms with van der Waals surface area (Å²) >= 11 is 0. The van der Waals surface area contributed by atoms with E-state index in [1.165, 1.54) is 7.11 Å². The third kappa shape index (κ3) is 3.08. The van der Waals surface area contributed by atoms with E-state index in [9.17, 15) is 4.79 Å². The molecule has 3 nitrogen and oxygen atoms in total. The third-order valence-corrected chi connectivity index (χ3v) is 1.11. The molecule has 0 aromatic rings. The number of carbonyl (C=O) groups is 1. The van der Waals surface area contributed by atoms with Gasteiger partial charge in [0.25, 0.3) is 0 Å². The van der Waals surface area contributed by atoms with Crippen LogP contribution in [0.15, 0.2) is 0 Å². The maximum atomic E-state index is 10.6. The SMILES string of the molecule is CNC[C@H](C)C(=O)OC. The molecule has 0 radical (unpaired) electrons. The molecule has 1 N–H and O–H groups in total. The lowest BCUT2D eigenvalue weighted by Crippen LogP contribution is -2.24. The Hall–Kier alpha value is -0.570. The first kappa shape index (κ1) is 8.43. The molecule has 0 unspecified atom stereocenters. The van der Waals surface area contributed by atoms with Gasteiger partial charge < -0.3 is 10.1 Å². The summed E-state index contributed by atoms with van der Waals surface area (Å²) in [6, 6.07) is 0. The van der Waals surface area contributed by atoms with Crippen LogP contribution in [0, 0.1) is 5.92 Å². The number of esters is 1. The normalized spacial score (nSPS) is 12.8. The standard InChI is InChI=1S/C6H13NO2/c1-5(4-7-2)6(8)9-3/h5,7H,4H2,1-3H3/t5-/m0/s1. The van der Waals surface area contributed by atoms with Crippen LogP contribution in [0.4, 0.5) is 0 Å². The molecule has 0 aliphatic rings. The van der Waals surface area contributed by atoms with Crippen molar-refractivity contribution in [2.75, 3.05) is 20.7 Å². The van der Waals surface area contributed by atoms with Gasteiger partial charge >= 0.3 is 5.97 Å². The third-order valence-electron chi connectivity index (χ3n) is 1.11. The quantitative estimate of drug-likeness (QED) is 0.548. The monoisotopic (exact) mass is 131 g/mol. The molecule has 0 aromatic heterocycles. The van der Waals surface area contributed by atoms with E-state index < -0.39 is 0 Å². The second-order valence-electron chi connectivity index (χ2n) is 1.98. The summed E-state index contributed by atoms with van der Waals surface area (Å²) in [6.07, 6.45) is 0. The number of hydrogen-bond acceptors (Lipinski definition) is 3. The molecule has 0 saturated carbocycles. The van der Waals surface area contributed by atoms with E-state index in [1.807, 2.05) is 6.92 Å². The Bertz CT molecular complexity index is 93.1. The molecular weight excluding hydrogens is 118 g/mol. The molecule has 0 saturated heterocycles. The second-order valence-corrected chi connectivity index (χ2v) is 1.98. The first-order valence-electron chi connectivity index (χ1n) is 2.94. The summed E-state index contributed by atoms with van der Waals surface area (Å²) in [4.78, 5) is 10.6. The Morgan fingerprint density at radius 1 is 1.78 bits per heavy atom. The molecule has 0 fully saturated rings. The second kappa shape index (κ2) is 4.32. The van der Waals surface area contributed by atoms with Gasteiger partial charge in [0.1, 0.15) is 0 Å². The van der Waals surface area contributed by atoms with Crippen molar-refractivity contribution in [3.05, 3.63) is 0 Å². The average molecular weight is 131 g/mol. The number of nitrogens with one attached hydrogen (secondary N) is 1. The highest BCUT2D eigenvalue weighted by atomic mass is 16.5. The molecule has 1 atom stereocenters. The highest BCUT2D eigenvalue weighted by Crippen LogP contribution is 1.93. The zero-order valence-electron chi connectivity index (χ0n) is 6.10. The number of carbonyl (C=O) groups excluding carboxylic acids is 1. The molecule has 0 rings (SSSR count). The lowest BCUT2D eigenvalue weighted by Gasteiger charge is -2.06. The molecule has 0 spiro atoms. The first-order chi connectivity index (χ1) is 4.22.